The van der Waals surface area contributed by atoms with Crippen LogP contribution in [0.4, 0.5) is 17.1 Å². The summed E-state index contributed by atoms with van der Waals surface area (Å²) in [6.07, 6.45) is 11.1. The molecule has 1 spiro atoms. The Morgan fingerprint density at radius 3 is 2.53 bits per heavy atom. The van der Waals surface area contributed by atoms with Gasteiger partial charge in [-0.1, -0.05) is 38.1 Å². The summed E-state index contributed by atoms with van der Waals surface area (Å²) in [7, 11) is -2.72. The van der Waals surface area contributed by atoms with Gasteiger partial charge in [0.1, 0.15) is 24.6 Å². The largest absolute Gasteiger partial charge is 0.489 e. The van der Waals surface area contributed by atoms with Crippen LogP contribution < -0.4 is 29.1 Å². The molecule has 11 rings (SSSR count). The molecule has 6 aliphatic rings. The molecule has 18 nitrogen and oxygen atoms in total. The number of carbonyl (C=O) groups excluding carboxylic acids is 1. The normalized spacial score (nSPS) is 25.3. The molecule has 19 heteroatoms. The fraction of sp³-hybridized carbons (Fsp3) is 0.536. The zero-order valence-electron chi connectivity index (χ0n) is 43.4. The number of carbonyl (C=O) groups is 1. The van der Waals surface area contributed by atoms with Crippen molar-refractivity contribution in [2.45, 2.75) is 126 Å². The molecular weight excluding hydrogens is 977 g/mol. The lowest BCUT2D eigenvalue weighted by Gasteiger charge is -2.56. The Balaban J connectivity index is 0.847. The number of fused-ring (bicyclic) bond motifs is 2. The van der Waals surface area contributed by atoms with Crippen molar-refractivity contribution in [2.24, 2.45) is 11.3 Å². The number of aliphatic hydroxyl groups is 1. The number of sulfonamides is 1. The quantitative estimate of drug-likeness (QED) is 0.0604. The molecule has 0 unspecified atom stereocenters. The number of nitrogens with zero attached hydrogens (tertiary/aromatic N) is 5. The van der Waals surface area contributed by atoms with Crippen molar-refractivity contribution in [3.05, 3.63) is 99.7 Å². The number of aromatic amines is 1. The molecule has 400 valence electrons. The molecule has 2 aliphatic carbocycles. The van der Waals surface area contributed by atoms with Crippen LogP contribution in [0.2, 0.25) is 0 Å². The summed E-state index contributed by atoms with van der Waals surface area (Å²) in [6.45, 7) is 11.3. The molecule has 2 aromatic heterocycles. The van der Waals surface area contributed by atoms with Gasteiger partial charge in [0.2, 0.25) is 0 Å². The summed E-state index contributed by atoms with van der Waals surface area (Å²) < 4.78 is 55.5. The topological polar surface area (TPSA) is 214 Å². The third-order valence-electron chi connectivity index (χ3n) is 17.3. The van der Waals surface area contributed by atoms with Crippen LogP contribution in [0.1, 0.15) is 118 Å². The van der Waals surface area contributed by atoms with Crippen LogP contribution in [0.25, 0.3) is 11.0 Å². The maximum absolute atomic E-state index is 14.5. The maximum Gasteiger partial charge on any atom is 0.297 e. The molecule has 2 saturated carbocycles. The standard InChI is InChI=1S/C56H70N8O10S/c1-35(2)42-8-5-6-9-43(42)46-10-7-21-63(46)39-30-56(31-39)18-22-62(23-19-56)38-11-12-44(48(27-38)74-50-26-37-15-20-57-52(37)59-54(50)73-33-40-32-71-25-24-61(40)4)53(65)60-75(69,70)41-28-47(64(67)68)51-49(29-41)72-34-45(58-51)36-13-16-55(3,66)17-14-36/h5-6,8-9,11-12,15,20,26-29,35-36,39-40,45-46,58,66H,7,10,13-14,16-19,21-25,30-34H2,1-4H3,(H,57,59)(H,60,65)/t36-,40-,45+,46-,55-/m0/s1. The van der Waals surface area contributed by atoms with Crippen LogP contribution >= 0.6 is 0 Å². The molecule has 3 aromatic carbocycles. The van der Waals surface area contributed by atoms with Crippen molar-refractivity contribution in [1.82, 2.24) is 24.5 Å². The highest BCUT2D eigenvalue weighted by atomic mass is 32.2. The van der Waals surface area contributed by atoms with Gasteiger partial charge in [-0.15, -0.1) is 0 Å². The summed E-state index contributed by atoms with van der Waals surface area (Å²) >= 11 is 0. The fourth-order valence-electron chi connectivity index (χ4n) is 12.7. The number of anilines is 2. The number of rotatable bonds is 14. The molecule has 1 amide bonds. The lowest BCUT2D eigenvalue weighted by Crippen LogP contribution is -2.54. The average molecular weight is 1050 g/mol. The second kappa shape index (κ2) is 20.5. The van der Waals surface area contributed by atoms with E-state index in [9.17, 15) is 28.4 Å². The first-order valence-electron chi connectivity index (χ1n) is 26.8. The number of amides is 1. The Morgan fingerprint density at radius 1 is 0.987 bits per heavy atom. The average Bonchev–Trinajstić information content (AvgIpc) is 4.07. The van der Waals surface area contributed by atoms with Gasteiger partial charge in [-0.3, -0.25) is 24.7 Å². The summed E-state index contributed by atoms with van der Waals surface area (Å²) in [5, 5.41) is 27.0. The summed E-state index contributed by atoms with van der Waals surface area (Å²) in [6, 6.07) is 20.6. The van der Waals surface area contributed by atoms with E-state index in [1.807, 2.05) is 26.1 Å². The first kappa shape index (κ1) is 51.1. The van der Waals surface area contributed by atoms with Crippen molar-refractivity contribution >= 4 is 44.0 Å². The van der Waals surface area contributed by atoms with E-state index >= 15 is 0 Å². The molecular formula is C56H70N8O10S. The SMILES string of the molecule is CC(C)c1ccccc1[C@@H]1CCCN1C1CC2(CCN(c3ccc(C(=O)NS(=O)(=O)c4cc5c(c([N+](=O)[O-])c4)N[C@@H]([C@H]4CC[C@](C)(O)CC4)CO5)c(Oc4cc5cc[nH]c5nc4OC[C@@H]4COCCN4C)c3)CC2)C1. The molecule has 5 aromatic rings. The first-order valence-corrected chi connectivity index (χ1v) is 28.3. The number of likely N-dealkylation sites (N-methyl/N-ethyl adjacent to an activating group) is 1. The number of hydrogen-bond acceptors (Lipinski definition) is 15. The second-order valence-corrected chi connectivity index (χ2v) is 24.3. The number of nitro groups is 1. The molecule has 3 atom stereocenters. The molecule has 4 aliphatic heterocycles. The molecule has 0 radical (unpaired) electrons. The van der Waals surface area contributed by atoms with Gasteiger partial charge < -0.3 is 39.3 Å². The van der Waals surface area contributed by atoms with E-state index in [0.717, 1.165) is 56.2 Å². The smallest absolute Gasteiger partial charge is 0.297 e. The number of hydrogen-bond donors (Lipinski definition) is 4. The Morgan fingerprint density at radius 2 is 1.77 bits per heavy atom. The number of likely N-dealkylation sites (tertiary alicyclic amines) is 1. The van der Waals surface area contributed by atoms with Gasteiger partial charge in [0.15, 0.2) is 17.2 Å². The van der Waals surface area contributed by atoms with Crippen molar-refractivity contribution in [2.75, 3.05) is 69.9 Å². The van der Waals surface area contributed by atoms with Gasteiger partial charge in [-0.25, -0.2) is 13.1 Å². The van der Waals surface area contributed by atoms with E-state index in [0.29, 0.717) is 62.5 Å². The molecule has 4 N–H and O–H groups in total. The van der Waals surface area contributed by atoms with Crippen molar-refractivity contribution in [3.8, 4) is 23.1 Å². The molecule has 3 saturated heterocycles. The van der Waals surface area contributed by atoms with Gasteiger partial charge in [-0.05, 0) is 137 Å². The molecule has 6 heterocycles. The highest BCUT2D eigenvalue weighted by Gasteiger charge is 2.50. The number of pyridine rings is 1. The Kier molecular flexibility index (Phi) is 14.0. The van der Waals surface area contributed by atoms with Crippen LogP contribution in [0.3, 0.4) is 0 Å². The van der Waals surface area contributed by atoms with Crippen LogP contribution in [-0.2, 0) is 14.8 Å². The minimum atomic E-state index is -4.73. The summed E-state index contributed by atoms with van der Waals surface area (Å²) in [5.74, 6) is 0.0226. The number of morpholine rings is 1. The van der Waals surface area contributed by atoms with E-state index in [1.165, 1.54) is 42.9 Å². The third kappa shape index (κ3) is 10.5. The van der Waals surface area contributed by atoms with Crippen molar-refractivity contribution in [1.29, 1.82) is 0 Å². The van der Waals surface area contributed by atoms with Crippen molar-refractivity contribution in [3.63, 3.8) is 0 Å². The zero-order valence-corrected chi connectivity index (χ0v) is 44.2. The van der Waals surface area contributed by atoms with E-state index in [1.54, 1.807) is 24.4 Å². The van der Waals surface area contributed by atoms with Gasteiger partial charge in [-0.2, -0.15) is 4.98 Å². The lowest BCUT2D eigenvalue weighted by molar-refractivity contribution is -0.384. The van der Waals surface area contributed by atoms with E-state index in [2.05, 4.69) is 67.8 Å². The predicted molar refractivity (Wildman–Crippen MR) is 285 cm³/mol. The maximum atomic E-state index is 14.5. The van der Waals surface area contributed by atoms with Gasteiger partial charge >= 0.3 is 0 Å². The van der Waals surface area contributed by atoms with Gasteiger partial charge in [0.25, 0.3) is 27.5 Å². The highest BCUT2D eigenvalue weighted by Crippen LogP contribution is 2.55. The number of nitrogens with one attached hydrogen (secondary N) is 3. The van der Waals surface area contributed by atoms with Crippen LogP contribution in [0, 0.1) is 21.4 Å². The zero-order chi connectivity index (χ0) is 52.2. The van der Waals surface area contributed by atoms with Crippen LogP contribution in [-0.4, -0.2) is 128 Å². The minimum absolute atomic E-state index is 0.0102. The predicted octanol–water partition coefficient (Wildman–Crippen LogP) is 8.92. The summed E-state index contributed by atoms with van der Waals surface area (Å²) in [5.41, 5.74) is 3.30. The monoisotopic (exact) mass is 1050 g/mol. The van der Waals surface area contributed by atoms with E-state index in [4.69, 9.17) is 23.9 Å². The summed E-state index contributed by atoms with van der Waals surface area (Å²) in [4.78, 5) is 41.0. The van der Waals surface area contributed by atoms with Gasteiger partial charge in [0.05, 0.1) is 46.3 Å². The Hall–Kier alpha value is -5.99. The lowest BCUT2D eigenvalue weighted by atomic mass is 9.59. The Labute approximate surface area is 438 Å². The number of aromatic nitrogens is 2. The molecule has 5 fully saturated rings. The van der Waals surface area contributed by atoms with Gasteiger partial charge in [0, 0.05) is 67.2 Å². The molecule has 75 heavy (non-hydrogen) atoms. The van der Waals surface area contributed by atoms with E-state index < -0.39 is 37.0 Å². The van der Waals surface area contributed by atoms with E-state index in [-0.39, 0.29) is 71.0 Å². The first-order chi connectivity index (χ1) is 36.0. The fourth-order valence-corrected chi connectivity index (χ4v) is 13.7. The Bertz CT molecular complexity index is 3050. The van der Waals surface area contributed by atoms with Crippen LogP contribution in [0.15, 0.2) is 77.8 Å². The number of benzene rings is 3. The molecule has 0 bridgehead atoms. The number of H-pyrrole nitrogens is 1. The third-order valence-corrected chi connectivity index (χ3v) is 18.6. The second-order valence-electron chi connectivity index (χ2n) is 22.6. The number of nitro benzene ring substituents is 1. The number of piperidine rings is 1. The number of ether oxygens (including phenoxy) is 4. The van der Waals surface area contributed by atoms with Crippen LogP contribution in [0.5, 0.6) is 23.1 Å². The minimum Gasteiger partial charge on any atom is -0.489 e. The van der Waals surface area contributed by atoms with Crippen molar-refractivity contribution < 1.29 is 42.2 Å². The highest BCUT2D eigenvalue weighted by molar-refractivity contribution is 7.90.